The van der Waals surface area contributed by atoms with E-state index in [-0.39, 0.29) is 17.8 Å². The second-order valence-corrected chi connectivity index (χ2v) is 5.55. The molecule has 0 bridgehead atoms. The van der Waals surface area contributed by atoms with Crippen LogP contribution in [-0.2, 0) is 14.3 Å². The molecule has 0 N–H and O–H groups in total. The number of amides is 1. The maximum Gasteiger partial charge on any atom is 0.336 e. The summed E-state index contributed by atoms with van der Waals surface area (Å²) in [6.07, 6.45) is 0.662. The molecule has 2 aliphatic rings. The van der Waals surface area contributed by atoms with Crippen LogP contribution in [0.5, 0.6) is 0 Å². The fourth-order valence-corrected chi connectivity index (χ4v) is 3.12. The van der Waals surface area contributed by atoms with E-state index in [0.717, 1.165) is 0 Å². The van der Waals surface area contributed by atoms with Crippen molar-refractivity contribution in [3.05, 3.63) is 23.7 Å². The van der Waals surface area contributed by atoms with Crippen molar-refractivity contribution in [1.82, 2.24) is 9.80 Å². The monoisotopic (exact) mass is 305 g/mol. The van der Waals surface area contributed by atoms with Crippen molar-refractivity contribution >= 4 is 17.7 Å². The summed E-state index contributed by atoms with van der Waals surface area (Å²) in [7, 11) is 3.53. The molecule has 2 atom stereocenters. The number of carbonyl (C=O) groups excluding carboxylic acids is 2. The van der Waals surface area contributed by atoms with Gasteiger partial charge in [0.1, 0.15) is 17.6 Å². The molecule has 0 radical (unpaired) electrons. The molecule has 2 unspecified atom stereocenters. The molecule has 0 aliphatic carbocycles. The summed E-state index contributed by atoms with van der Waals surface area (Å²) < 4.78 is 5.15. The summed E-state index contributed by atoms with van der Waals surface area (Å²) in [5.41, 5.74) is 1.13. The molecule has 6 heteroatoms. The molecule has 0 saturated carbocycles. The molecular weight excluding hydrogens is 282 g/mol. The van der Waals surface area contributed by atoms with Crippen LogP contribution in [0.3, 0.4) is 0 Å². The summed E-state index contributed by atoms with van der Waals surface area (Å²) in [5, 5.41) is 0. The second kappa shape index (κ2) is 5.94. The summed E-state index contributed by atoms with van der Waals surface area (Å²) in [6.45, 7) is 9.75. The van der Waals surface area contributed by atoms with E-state index in [0.29, 0.717) is 36.0 Å². The van der Waals surface area contributed by atoms with Crippen LogP contribution in [0.4, 0.5) is 0 Å². The van der Waals surface area contributed by atoms with E-state index in [1.54, 1.807) is 20.9 Å². The molecule has 2 rings (SSSR count). The van der Waals surface area contributed by atoms with E-state index in [1.165, 1.54) is 4.90 Å². The number of hydrogen-bond acceptors (Lipinski definition) is 5. The summed E-state index contributed by atoms with van der Waals surface area (Å²) >= 11 is 0. The number of allylic oxidation sites excluding steroid dienone is 1. The molecule has 0 aromatic carbocycles. The number of fused-ring (bicyclic) bond motifs is 1. The van der Waals surface area contributed by atoms with E-state index in [2.05, 4.69) is 11.6 Å². The van der Waals surface area contributed by atoms with Crippen molar-refractivity contribution in [2.24, 2.45) is 16.8 Å². The highest BCUT2D eigenvalue weighted by Gasteiger charge is 2.47. The van der Waals surface area contributed by atoms with Crippen molar-refractivity contribution in [3.8, 4) is 0 Å². The van der Waals surface area contributed by atoms with Crippen LogP contribution in [0, 0.1) is 11.8 Å². The highest BCUT2D eigenvalue weighted by atomic mass is 16.5. The zero-order chi connectivity index (χ0) is 16.6. The third-order valence-corrected chi connectivity index (χ3v) is 4.37. The van der Waals surface area contributed by atoms with Gasteiger partial charge in [-0.3, -0.25) is 4.79 Å². The summed E-state index contributed by atoms with van der Waals surface area (Å²) in [5.74, 6) is 0.0959. The number of amidine groups is 1. The Kier molecular flexibility index (Phi) is 4.39. The van der Waals surface area contributed by atoms with Crippen LogP contribution in [-0.4, -0.2) is 48.2 Å². The lowest BCUT2D eigenvalue weighted by molar-refractivity contribution is -0.140. The Morgan fingerprint density at radius 2 is 1.95 bits per heavy atom. The fourth-order valence-electron chi connectivity index (χ4n) is 3.12. The summed E-state index contributed by atoms with van der Waals surface area (Å²) in [4.78, 5) is 32.8. The van der Waals surface area contributed by atoms with Crippen LogP contribution in [0.25, 0.3) is 0 Å². The van der Waals surface area contributed by atoms with E-state index in [4.69, 9.17) is 4.74 Å². The number of rotatable bonds is 3. The summed E-state index contributed by atoms with van der Waals surface area (Å²) in [6, 6.07) is 0. The Morgan fingerprint density at radius 3 is 2.50 bits per heavy atom. The Hall–Kier alpha value is -2.11. The van der Waals surface area contributed by atoms with Crippen molar-refractivity contribution in [2.75, 3.05) is 20.7 Å². The van der Waals surface area contributed by atoms with Gasteiger partial charge in [0, 0.05) is 20.0 Å². The van der Waals surface area contributed by atoms with Crippen molar-refractivity contribution in [3.63, 3.8) is 0 Å². The van der Waals surface area contributed by atoms with Gasteiger partial charge in [-0.05, 0) is 20.3 Å². The van der Waals surface area contributed by atoms with Crippen molar-refractivity contribution in [1.29, 1.82) is 0 Å². The van der Waals surface area contributed by atoms with E-state index in [9.17, 15) is 9.59 Å². The zero-order valence-corrected chi connectivity index (χ0v) is 13.8. The molecule has 120 valence electrons. The molecule has 2 aliphatic heterocycles. The number of ether oxygens (including phenoxy) is 1. The van der Waals surface area contributed by atoms with Crippen LogP contribution < -0.4 is 0 Å². The van der Waals surface area contributed by atoms with E-state index >= 15 is 0 Å². The molecule has 2 heterocycles. The first-order chi connectivity index (χ1) is 10.3. The smallest absolute Gasteiger partial charge is 0.336 e. The number of hydrogen-bond donors (Lipinski definition) is 0. The SMILES string of the molecule is C=C1N(C)C(=O)C2C(=NC(C)=C(C(=O)OCC)C2CC)N1C. The maximum absolute atomic E-state index is 12.7. The van der Waals surface area contributed by atoms with Crippen LogP contribution in [0.1, 0.15) is 27.2 Å². The van der Waals surface area contributed by atoms with Crippen LogP contribution in [0.15, 0.2) is 28.7 Å². The van der Waals surface area contributed by atoms with Crippen molar-refractivity contribution in [2.45, 2.75) is 27.2 Å². The Bertz CT molecular complexity index is 591. The van der Waals surface area contributed by atoms with Gasteiger partial charge in [0.15, 0.2) is 0 Å². The minimum absolute atomic E-state index is 0.0806. The zero-order valence-electron chi connectivity index (χ0n) is 13.8. The number of aliphatic imine (C=N–C) groups is 1. The van der Waals surface area contributed by atoms with E-state index in [1.807, 2.05) is 18.9 Å². The van der Waals surface area contributed by atoms with Gasteiger partial charge in [-0.1, -0.05) is 13.5 Å². The maximum atomic E-state index is 12.7. The Morgan fingerprint density at radius 1 is 1.32 bits per heavy atom. The molecule has 1 fully saturated rings. The van der Waals surface area contributed by atoms with Gasteiger partial charge in [-0.2, -0.15) is 0 Å². The molecule has 6 nitrogen and oxygen atoms in total. The normalized spacial score (nSPS) is 25.2. The van der Waals surface area contributed by atoms with Crippen LogP contribution >= 0.6 is 0 Å². The second-order valence-electron chi connectivity index (χ2n) is 5.55. The number of carbonyl (C=O) groups is 2. The first-order valence-electron chi connectivity index (χ1n) is 7.51. The third kappa shape index (κ3) is 2.32. The third-order valence-electron chi connectivity index (χ3n) is 4.37. The lowest BCUT2D eigenvalue weighted by Gasteiger charge is -2.44. The average molecular weight is 305 g/mol. The molecule has 1 amide bonds. The van der Waals surface area contributed by atoms with Gasteiger partial charge in [0.05, 0.1) is 17.9 Å². The fraction of sp³-hybridized carbons (Fsp3) is 0.562. The van der Waals surface area contributed by atoms with Crippen molar-refractivity contribution < 1.29 is 14.3 Å². The van der Waals surface area contributed by atoms with Gasteiger partial charge < -0.3 is 14.5 Å². The highest BCUT2D eigenvalue weighted by Crippen LogP contribution is 2.38. The Labute approximate surface area is 131 Å². The van der Waals surface area contributed by atoms with Gasteiger partial charge in [-0.15, -0.1) is 0 Å². The number of nitrogens with zero attached hydrogens (tertiary/aromatic N) is 3. The average Bonchev–Trinajstić information content (AvgIpc) is 2.49. The largest absolute Gasteiger partial charge is 0.463 e. The standard InChI is InChI=1S/C16H23N3O3/c1-7-11-12(16(21)22-8-2)9(3)17-14-13(11)15(20)19(6)10(4)18(14)5/h11,13H,4,7-8H2,1-3,5-6H3. The lowest BCUT2D eigenvalue weighted by atomic mass is 9.78. The molecule has 22 heavy (non-hydrogen) atoms. The van der Waals surface area contributed by atoms with Gasteiger partial charge in [-0.25, -0.2) is 9.79 Å². The lowest BCUT2D eigenvalue weighted by Crippen LogP contribution is -2.55. The van der Waals surface area contributed by atoms with Crippen LogP contribution in [0.2, 0.25) is 0 Å². The highest BCUT2D eigenvalue weighted by molar-refractivity contribution is 6.10. The molecule has 0 aromatic rings. The predicted octanol–water partition coefficient (Wildman–Crippen LogP) is 1.75. The van der Waals surface area contributed by atoms with Gasteiger partial charge in [0.2, 0.25) is 5.91 Å². The quantitative estimate of drug-likeness (QED) is 0.745. The van der Waals surface area contributed by atoms with Gasteiger partial charge >= 0.3 is 5.97 Å². The number of esters is 1. The topological polar surface area (TPSA) is 62.2 Å². The first-order valence-corrected chi connectivity index (χ1v) is 7.51. The van der Waals surface area contributed by atoms with Gasteiger partial charge in [0.25, 0.3) is 0 Å². The Balaban J connectivity index is 2.55. The first kappa shape index (κ1) is 16.3. The minimum atomic E-state index is -0.464. The molecule has 1 saturated heterocycles. The van der Waals surface area contributed by atoms with E-state index < -0.39 is 5.92 Å². The predicted molar refractivity (Wildman–Crippen MR) is 83.7 cm³/mol. The minimum Gasteiger partial charge on any atom is -0.463 e. The molecule has 0 spiro atoms. The molecular formula is C16H23N3O3. The molecule has 0 aromatic heterocycles.